The molecule has 0 aliphatic carbocycles. The van der Waals surface area contributed by atoms with Gasteiger partial charge in [0.15, 0.2) is 0 Å². The molecular weight excluding hydrogens is 373 g/mol. The SMILES string of the molecule is Cc1ccc(C(=O)N2CCCC3(CC2)CN(c2cccc(F)c2)C(=O)CO3)cn1. The molecule has 2 aliphatic heterocycles. The fraction of sp³-hybridized carbons (Fsp3) is 0.409. The zero-order chi connectivity index (χ0) is 20.4. The number of aryl methyl sites for hydroxylation is 1. The van der Waals surface area contributed by atoms with Gasteiger partial charge in [-0.2, -0.15) is 0 Å². The lowest BCUT2D eigenvalue weighted by Crippen LogP contribution is -2.55. The first kappa shape index (κ1) is 19.5. The summed E-state index contributed by atoms with van der Waals surface area (Å²) in [6, 6.07) is 9.69. The van der Waals surface area contributed by atoms with E-state index in [-0.39, 0.29) is 24.2 Å². The second-order valence-electron chi connectivity index (χ2n) is 7.77. The van der Waals surface area contributed by atoms with E-state index in [4.69, 9.17) is 4.74 Å². The van der Waals surface area contributed by atoms with Gasteiger partial charge < -0.3 is 14.5 Å². The number of ether oxygens (including phenoxy) is 1. The minimum Gasteiger partial charge on any atom is -0.363 e. The molecule has 4 rings (SSSR count). The molecule has 0 saturated carbocycles. The van der Waals surface area contributed by atoms with E-state index in [1.165, 1.54) is 12.1 Å². The molecule has 29 heavy (non-hydrogen) atoms. The average Bonchev–Trinajstić information content (AvgIpc) is 2.93. The molecule has 0 radical (unpaired) electrons. The van der Waals surface area contributed by atoms with Gasteiger partial charge in [0, 0.05) is 30.7 Å². The summed E-state index contributed by atoms with van der Waals surface area (Å²) in [5, 5.41) is 0. The van der Waals surface area contributed by atoms with Crippen LogP contribution < -0.4 is 4.90 Å². The summed E-state index contributed by atoms with van der Waals surface area (Å²) in [6.07, 6.45) is 3.75. The number of halogens is 1. The molecule has 2 saturated heterocycles. The maximum Gasteiger partial charge on any atom is 0.255 e. The first-order valence-corrected chi connectivity index (χ1v) is 9.88. The van der Waals surface area contributed by atoms with Crippen molar-refractivity contribution in [2.45, 2.75) is 31.8 Å². The number of nitrogens with zero attached hydrogens (tertiary/aromatic N) is 3. The lowest BCUT2D eigenvalue weighted by Gasteiger charge is -2.42. The third-order valence-electron chi connectivity index (χ3n) is 5.71. The van der Waals surface area contributed by atoms with E-state index < -0.39 is 5.60 Å². The number of anilines is 1. The van der Waals surface area contributed by atoms with Crippen LogP contribution in [0.3, 0.4) is 0 Å². The van der Waals surface area contributed by atoms with E-state index in [2.05, 4.69) is 4.98 Å². The molecule has 152 valence electrons. The molecule has 2 aromatic rings. The largest absolute Gasteiger partial charge is 0.363 e. The van der Waals surface area contributed by atoms with Crippen LogP contribution in [0.1, 0.15) is 35.3 Å². The number of benzene rings is 1. The van der Waals surface area contributed by atoms with Gasteiger partial charge in [-0.05, 0) is 56.5 Å². The maximum atomic E-state index is 13.7. The standard InChI is InChI=1S/C22H24FN3O3/c1-16-6-7-17(13-24-16)21(28)25-10-3-8-22(9-11-25)15-26(20(27)14-29-22)19-5-2-4-18(23)12-19/h2,4-7,12-13H,3,8-11,14-15H2,1H3. The number of carbonyl (C=O) groups is 2. The van der Waals surface area contributed by atoms with Crippen LogP contribution in [0, 0.1) is 12.7 Å². The van der Waals surface area contributed by atoms with Crippen LogP contribution >= 0.6 is 0 Å². The molecule has 0 N–H and O–H groups in total. The van der Waals surface area contributed by atoms with Crippen LogP contribution in [0.4, 0.5) is 10.1 Å². The maximum absolute atomic E-state index is 13.7. The Bertz CT molecular complexity index is 918. The number of likely N-dealkylation sites (tertiary alicyclic amines) is 1. The molecular formula is C22H24FN3O3. The van der Waals surface area contributed by atoms with Crippen molar-refractivity contribution >= 4 is 17.5 Å². The molecule has 3 heterocycles. The summed E-state index contributed by atoms with van der Waals surface area (Å²) in [5.74, 6) is -0.590. The predicted molar refractivity (Wildman–Crippen MR) is 106 cm³/mol. The third-order valence-corrected chi connectivity index (χ3v) is 5.71. The monoisotopic (exact) mass is 397 g/mol. The van der Waals surface area contributed by atoms with Crippen LogP contribution in [0.15, 0.2) is 42.6 Å². The van der Waals surface area contributed by atoms with Gasteiger partial charge in [-0.1, -0.05) is 6.07 Å². The molecule has 1 aromatic carbocycles. The lowest BCUT2D eigenvalue weighted by molar-refractivity contribution is -0.140. The summed E-state index contributed by atoms with van der Waals surface area (Å²) in [4.78, 5) is 32.9. The van der Waals surface area contributed by atoms with Crippen molar-refractivity contribution in [3.63, 3.8) is 0 Å². The van der Waals surface area contributed by atoms with Crippen molar-refractivity contribution < 1.29 is 18.7 Å². The summed E-state index contributed by atoms with van der Waals surface area (Å²) in [6.45, 7) is 3.38. The summed E-state index contributed by atoms with van der Waals surface area (Å²) < 4.78 is 19.7. The summed E-state index contributed by atoms with van der Waals surface area (Å²) in [7, 11) is 0. The minimum atomic E-state index is -0.527. The highest BCUT2D eigenvalue weighted by Crippen LogP contribution is 2.33. The lowest BCUT2D eigenvalue weighted by atomic mass is 9.92. The Hall–Kier alpha value is -2.80. The number of hydrogen-bond donors (Lipinski definition) is 0. The second kappa shape index (κ2) is 7.91. The van der Waals surface area contributed by atoms with Crippen LogP contribution in [-0.2, 0) is 9.53 Å². The Labute approximate surface area is 169 Å². The van der Waals surface area contributed by atoms with Crippen LogP contribution in [0.5, 0.6) is 0 Å². The van der Waals surface area contributed by atoms with Gasteiger partial charge in [0.2, 0.25) is 0 Å². The Morgan fingerprint density at radius 2 is 2.07 bits per heavy atom. The summed E-state index contributed by atoms with van der Waals surface area (Å²) in [5.41, 5.74) is 1.46. The van der Waals surface area contributed by atoms with Crippen molar-refractivity contribution in [1.29, 1.82) is 0 Å². The number of carbonyl (C=O) groups excluding carboxylic acids is 2. The molecule has 1 aromatic heterocycles. The van der Waals surface area contributed by atoms with Gasteiger partial charge in [-0.3, -0.25) is 14.6 Å². The van der Waals surface area contributed by atoms with Crippen molar-refractivity contribution in [1.82, 2.24) is 9.88 Å². The van der Waals surface area contributed by atoms with Gasteiger partial charge in [-0.15, -0.1) is 0 Å². The van der Waals surface area contributed by atoms with E-state index in [1.807, 2.05) is 17.9 Å². The van der Waals surface area contributed by atoms with E-state index in [1.54, 1.807) is 29.3 Å². The third kappa shape index (κ3) is 4.15. The highest BCUT2D eigenvalue weighted by Gasteiger charge is 2.42. The van der Waals surface area contributed by atoms with Crippen LogP contribution in [-0.4, -0.2) is 53.5 Å². The Balaban J connectivity index is 1.48. The van der Waals surface area contributed by atoms with Gasteiger partial charge >= 0.3 is 0 Å². The fourth-order valence-electron chi connectivity index (χ4n) is 4.04. The fourth-order valence-corrected chi connectivity index (χ4v) is 4.04. The molecule has 7 heteroatoms. The first-order chi connectivity index (χ1) is 14.0. The van der Waals surface area contributed by atoms with Crippen molar-refractivity contribution in [2.75, 3.05) is 31.1 Å². The quantitative estimate of drug-likeness (QED) is 0.782. The molecule has 1 atom stereocenters. The molecule has 2 amide bonds. The molecule has 0 bridgehead atoms. The number of rotatable bonds is 2. The molecule has 1 unspecified atom stereocenters. The van der Waals surface area contributed by atoms with Crippen molar-refractivity contribution in [3.8, 4) is 0 Å². The molecule has 6 nitrogen and oxygen atoms in total. The number of aromatic nitrogens is 1. The highest BCUT2D eigenvalue weighted by molar-refractivity contribution is 5.95. The Morgan fingerprint density at radius 1 is 1.21 bits per heavy atom. The first-order valence-electron chi connectivity index (χ1n) is 9.88. The number of pyridine rings is 1. The van der Waals surface area contributed by atoms with E-state index in [0.717, 1.165) is 18.5 Å². The number of morpholine rings is 1. The Morgan fingerprint density at radius 3 is 2.83 bits per heavy atom. The molecule has 2 fully saturated rings. The molecule has 2 aliphatic rings. The van der Waals surface area contributed by atoms with Crippen molar-refractivity contribution in [3.05, 3.63) is 59.7 Å². The van der Waals surface area contributed by atoms with Gasteiger partial charge in [-0.25, -0.2) is 4.39 Å². The molecule has 1 spiro atoms. The number of amides is 2. The van der Waals surface area contributed by atoms with E-state index >= 15 is 0 Å². The van der Waals surface area contributed by atoms with Gasteiger partial charge in [0.25, 0.3) is 11.8 Å². The second-order valence-corrected chi connectivity index (χ2v) is 7.77. The minimum absolute atomic E-state index is 0.0354. The normalized spacial score (nSPS) is 22.6. The predicted octanol–water partition coefficient (Wildman–Crippen LogP) is 2.96. The van der Waals surface area contributed by atoms with Crippen molar-refractivity contribution in [2.24, 2.45) is 0 Å². The Kier molecular flexibility index (Phi) is 5.32. The summed E-state index contributed by atoms with van der Waals surface area (Å²) >= 11 is 0. The number of hydrogen-bond acceptors (Lipinski definition) is 4. The van der Waals surface area contributed by atoms with Gasteiger partial charge in [0.05, 0.1) is 17.7 Å². The highest BCUT2D eigenvalue weighted by atomic mass is 19.1. The average molecular weight is 397 g/mol. The van der Waals surface area contributed by atoms with Crippen LogP contribution in [0.2, 0.25) is 0 Å². The smallest absolute Gasteiger partial charge is 0.255 e. The topological polar surface area (TPSA) is 62.7 Å². The van der Waals surface area contributed by atoms with Gasteiger partial charge in [0.1, 0.15) is 12.4 Å². The van der Waals surface area contributed by atoms with E-state index in [9.17, 15) is 14.0 Å². The van der Waals surface area contributed by atoms with E-state index in [0.29, 0.717) is 37.3 Å². The zero-order valence-electron chi connectivity index (χ0n) is 16.4. The zero-order valence-corrected chi connectivity index (χ0v) is 16.4. The van der Waals surface area contributed by atoms with Crippen LogP contribution in [0.25, 0.3) is 0 Å².